The lowest BCUT2D eigenvalue weighted by Gasteiger charge is -2.08. The molecular weight excluding hydrogens is 368 g/mol. The first-order valence-electron chi connectivity index (χ1n) is 9.06. The van der Waals surface area contributed by atoms with Gasteiger partial charge in [-0.05, 0) is 37.6 Å². The SMILES string of the molecule is CCCNCCNC(=O)c1cc(-c2ccco2)nc2onc(CCC)c12.Cl. The summed E-state index contributed by atoms with van der Waals surface area (Å²) >= 11 is 0. The molecule has 2 N–H and O–H groups in total. The molecular formula is C19H25ClN4O3. The molecule has 0 aliphatic carbocycles. The summed E-state index contributed by atoms with van der Waals surface area (Å²) in [6.45, 7) is 6.38. The number of carbonyl (C=O) groups excluding carboxylic acids is 1. The molecule has 3 heterocycles. The molecule has 0 aromatic carbocycles. The van der Waals surface area contributed by atoms with E-state index in [0.717, 1.165) is 38.0 Å². The number of aryl methyl sites for hydroxylation is 1. The number of nitrogens with zero attached hydrogens (tertiary/aromatic N) is 2. The van der Waals surface area contributed by atoms with E-state index in [-0.39, 0.29) is 18.3 Å². The Labute approximate surface area is 164 Å². The number of amides is 1. The van der Waals surface area contributed by atoms with E-state index in [1.165, 1.54) is 0 Å². The third-order valence-corrected chi connectivity index (χ3v) is 4.04. The molecule has 0 aliphatic rings. The Hall–Kier alpha value is -2.38. The maximum absolute atomic E-state index is 12.8. The van der Waals surface area contributed by atoms with Crippen LogP contribution in [0.25, 0.3) is 22.6 Å². The smallest absolute Gasteiger partial charge is 0.259 e. The van der Waals surface area contributed by atoms with Gasteiger partial charge < -0.3 is 19.6 Å². The highest BCUT2D eigenvalue weighted by Crippen LogP contribution is 2.28. The molecule has 0 radical (unpaired) electrons. The van der Waals surface area contributed by atoms with Crippen molar-refractivity contribution in [1.82, 2.24) is 20.8 Å². The predicted octanol–water partition coefficient (Wildman–Crippen LogP) is 3.59. The Morgan fingerprint density at radius 2 is 2.04 bits per heavy atom. The normalized spacial score (nSPS) is 10.7. The molecule has 3 aromatic heterocycles. The summed E-state index contributed by atoms with van der Waals surface area (Å²) in [4.78, 5) is 17.3. The van der Waals surface area contributed by atoms with Crippen molar-refractivity contribution in [3.63, 3.8) is 0 Å². The van der Waals surface area contributed by atoms with Crippen molar-refractivity contribution in [3.8, 4) is 11.5 Å². The van der Waals surface area contributed by atoms with Crippen molar-refractivity contribution in [2.75, 3.05) is 19.6 Å². The standard InChI is InChI=1S/C19H24N4O3.ClH/c1-3-6-14-17-13(18(24)21-10-9-20-8-4-2)12-15(16-7-5-11-25-16)22-19(17)26-23-14;/h5,7,11-12,20H,3-4,6,8-10H2,1-2H3,(H,21,24);1H. The van der Waals surface area contributed by atoms with E-state index in [1.54, 1.807) is 24.5 Å². The minimum atomic E-state index is -0.163. The molecule has 0 fully saturated rings. The van der Waals surface area contributed by atoms with E-state index in [4.69, 9.17) is 8.94 Å². The van der Waals surface area contributed by atoms with E-state index in [9.17, 15) is 4.79 Å². The lowest BCUT2D eigenvalue weighted by molar-refractivity contribution is 0.0955. The monoisotopic (exact) mass is 392 g/mol. The van der Waals surface area contributed by atoms with Gasteiger partial charge in [-0.25, -0.2) is 4.98 Å². The molecule has 146 valence electrons. The van der Waals surface area contributed by atoms with Crippen LogP contribution in [-0.4, -0.2) is 35.7 Å². The van der Waals surface area contributed by atoms with Gasteiger partial charge in [-0.3, -0.25) is 4.79 Å². The third kappa shape index (κ3) is 4.87. The van der Waals surface area contributed by atoms with Crippen molar-refractivity contribution in [1.29, 1.82) is 0 Å². The number of hydrogen-bond donors (Lipinski definition) is 2. The number of rotatable bonds is 9. The maximum atomic E-state index is 12.8. The first-order chi connectivity index (χ1) is 12.7. The highest BCUT2D eigenvalue weighted by molar-refractivity contribution is 6.06. The number of hydrogen-bond acceptors (Lipinski definition) is 6. The molecule has 0 unspecified atom stereocenters. The zero-order valence-electron chi connectivity index (χ0n) is 15.6. The van der Waals surface area contributed by atoms with Gasteiger partial charge in [0.1, 0.15) is 5.69 Å². The number of aromatic nitrogens is 2. The highest BCUT2D eigenvalue weighted by atomic mass is 35.5. The summed E-state index contributed by atoms with van der Waals surface area (Å²) in [5.74, 6) is 0.420. The number of fused-ring (bicyclic) bond motifs is 1. The van der Waals surface area contributed by atoms with Crippen LogP contribution in [-0.2, 0) is 6.42 Å². The van der Waals surface area contributed by atoms with E-state index in [2.05, 4.69) is 34.6 Å². The second-order valence-electron chi connectivity index (χ2n) is 6.10. The maximum Gasteiger partial charge on any atom is 0.259 e. The lowest BCUT2D eigenvalue weighted by Crippen LogP contribution is -2.32. The molecule has 3 rings (SSSR count). The summed E-state index contributed by atoms with van der Waals surface area (Å²) in [5, 5.41) is 11.0. The Balaban J connectivity index is 0.00000261. The average molecular weight is 393 g/mol. The first kappa shape index (κ1) is 20.9. The molecule has 8 heteroatoms. The first-order valence-corrected chi connectivity index (χ1v) is 9.06. The summed E-state index contributed by atoms with van der Waals surface area (Å²) in [7, 11) is 0. The molecule has 0 aliphatic heterocycles. The van der Waals surface area contributed by atoms with Gasteiger partial charge in [0, 0.05) is 13.1 Å². The molecule has 27 heavy (non-hydrogen) atoms. The zero-order chi connectivity index (χ0) is 18.4. The van der Waals surface area contributed by atoms with Crippen LogP contribution >= 0.6 is 12.4 Å². The van der Waals surface area contributed by atoms with E-state index < -0.39 is 0 Å². The number of halogens is 1. The Kier molecular flexibility index (Phi) is 7.82. The number of nitrogens with one attached hydrogen (secondary N) is 2. The van der Waals surface area contributed by atoms with Gasteiger partial charge in [0.05, 0.1) is 22.9 Å². The zero-order valence-corrected chi connectivity index (χ0v) is 16.4. The Morgan fingerprint density at radius 3 is 2.74 bits per heavy atom. The van der Waals surface area contributed by atoms with Gasteiger partial charge in [0.2, 0.25) is 0 Å². The summed E-state index contributed by atoms with van der Waals surface area (Å²) < 4.78 is 10.8. The van der Waals surface area contributed by atoms with Gasteiger partial charge in [-0.2, -0.15) is 0 Å². The van der Waals surface area contributed by atoms with Crippen LogP contribution in [0.2, 0.25) is 0 Å². The molecule has 3 aromatic rings. The van der Waals surface area contributed by atoms with Crippen LogP contribution in [0.4, 0.5) is 0 Å². The van der Waals surface area contributed by atoms with Gasteiger partial charge in [0.15, 0.2) is 5.76 Å². The quantitative estimate of drug-likeness (QED) is 0.540. The van der Waals surface area contributed by atoms with Crippen molar-refractivity contribution < 1.29 is 13.7 Å². The number of pyridine rings is 1. The summed E-state index contributed by atoms with van der Waals surface area (Å²) in [6.07, 6.45) is 4.27. The van der Waals surface area contributed by atoms with Crippen LogP contribution in [0.1, 0.15) is 42.7 Å². The molecule has 1 amide bonds. The van der Waals surface area contributed by atoms with Gasteiger partial charge >= 0.3 is 0 Å². The van der Waals surface area contributed by atoms with Crippen molar-refractivity contribution >= 4 is 29.4 Å². The van der Waals surface area contributed by atoms with Gasteiger partial charge in [-0.1, -0.05) is 25.4 Å². The fourth-order valence-electron chi connectivity index (χ4n) is 2.81. The van der Waals surface area contributed by atoms with E-state index in [1.807, 2.05) is 0 Å². The minimum Gasteiger partial charge on any atom is -0.463 e. The molecule has 0 saturated heterocycles. The molecule has 0 saturated carbocycles. The molecule has 0 spiro atoms. The molecule has 0 atom stereocenters. The van der Waals surface area contributed by atoms with Crippen molar-refractivity contribution in [2.45, 2.75) is 33.1 Å². The number of carbonyl (C=O) groups is 1. The van der Waals surface area contributed by atoms with Crippen LogP contribution in [0.5, 0.6) is 0 Å². The highest BCUT2D eigenvalue weighted by Gasteiger charge is 2.21. The fraction of sp³-hybridized carbons (Fsp3) is 0.421. The molecule has 0 bridgehead atoms. The second kappa shape index (κ2) is 10.1. The van der Waals surface area contributed by atoms with Crippen molar-refractivity contribution in [2.24, 2.45) is 0 Å². The van der Waals surface area contributed by atoms with Gasteiger partial charge in [0.25, 0.3) is 11.6 Å². The van der Waals surface area contributed by atoms with Crippen LogP contribution in [0, 0.1) is 0 Å². The third-order valence-electron chi connectivity index (χ3n) is 4.04. The predicted molar refractivity (Wildman–Crippen MR) is 106 cm³/mol. The van der Waals surface area contributed by atoms with Crippen LogP contribution in [0.3, 0.4) is 0 Å². The largest absolute Gasteiger partial charge is 0.463 e. The minimum absolute atomic E-state index is 0. The summed E-state index contributed by atoms with van der Waals surface area (Å²) in [5.41, 5.74) is 2.18. The Morgan fingerprint density at radius 1 is 1.19 bits per heavy atom. The fourth-order valence-corrected chi connectivity index (χ4v) is 2.81. The van der Waals surface area contributed by atoms with Crippen LogP contribution < -0.4 is 10.6 Å². The van der Waals surface area contributed by atoms with E-state index >= 15 is 0 Å². The lowest BCUT2D eigenvalue weighted by atomic mass is 10.1. The van der Waals surface area contributed by atoms with Gasteiger partial charge in [-0.15, -0.1) is 12.4 Å². The Bertz CT molecular complexity index is 861. The summed E-state index contributed by atoms with van der Waals surface area (Å²) in [6, 6.07) is 5.32. The average Bonchev–Trinajstić information content (AvgIpc) is 3.31. The second-order valence-corrected chi connectivity index (χ2v) is 6.10. The van der Waals surface area contributed by atoms with E-state index in [0.29, 0.717) is 34.7 Å². The number of furan rings is 1. The van der Waals surface area contributed by atoms with Crippen LogP contribution in [0.15, 0.2) is 33.4 Å². The topological polar surface area (TPSA) is 93.2 Å². The van der Waals surface area contributed by atoms with Crippen molar-refractivity contribution in [3.05, 3.63) is 35.7 Å². The molecule has 7 nitrogen and oxygen atoms in total.